The van der Waals surface area contributed by atoms with Crippen LogP contribution in [-0.4, -0.2) is 39.6 Å². The van der Waals surface area contributed by atoms with Gasteiger partial charge in [0.05, 0.1) is 20.5 Å². The molecule has 0 spiro atoms. The number of nitrogens with one attached hydrogen (secondary N) is 1. The van der Waals surface area contributed by atoms with Crippen molar-refractivity contribution < 1.29 is 28.7 Å². The van der Waals surface area contributed by atoms with Crippen molar-refractivity contribution in [2.45, 2.75) is 0 Å². The maximum absolute atomic E-state index is 12.7. The molecule has 35 heavy (non-hydrogen) atoms. The van der Waals surface area contributed by atoms with Crippen molar-refractivity contribution in [1.82, 2.24) is 4.90 Å². The molecule has 2 N–H and O–H groups in total. The van der Waals surface area contributed by atoms with E-state index in [1.165, 1.54) is 30.3 Å². The SMILES string of the molecule is O=C(CN1C(=O)S/C(=C\c2ccc(-c3cc(C(=O)O)ccc3Cl)o2)C1=O)Nc1ccc(Br)c(Cl)c1. The molecular formula is C23H13BrCl2N2O6S. The Bertz CT molecular complexity index is 1420. The van der Waals surface area contributed by atoms with E-state index in [0.29, 0.717) is 32.5 Å². The van der Waals surface area contributed by atoms with Crippen molar-refractivity contribution >= 4 is 85.7 Å². The summed E-state index contributed by atoms with van der Waals surface area (Å²) in [6.07, 6.45) is 1.37. The standard InChI is InChI=1S/C23H13BrCl2N2O6S/c24-15-4-2-12(8-17(15)26)27-20(29)10-28-21(30)19(35-23(28)33)9-13-3-6-18(34-13)14-7-11(22(31)32)1-5-16(14)25/h1-9H,10H2,(H,27,29)(H,31,32)/b19-9-. The van der Waals surface area contributed by atoms with Gasteiger partial charge in [-0.2, -0.15) is 0 Å². The lowest BCUT2D eigenvalue weighted by atomic mass is 10.1. The van der Waals surface area contributed by atoms with Crippen LogP contribution < -0.4 is 5.32 Å². The lowest BCUT2D eigenvalue weighted by Gasteiger charge is -2.12. The number of halogens is 3. The summed E-state index contributed by atoms with van der Waals surface area (Å²) in [6, 6.07) is 12.1. The van der Waals surface area contributed by atoms with Crippen LogP contribution in [0.3, 0.4) is 0 Å². The first-order valence-corrected chi connectivity index (χ1v) is 12.1. The third-order valence-corrected chi connectivity index (χ3v) is 7.23. The molecule has 1 aromatic heterocycles. The lowest BCUT2D eigenvalue weighted by molar-refractivity contribution is -0.127. The molecule has 2 heterocycles. The zero-order valence-electron chi connectivity index (χ0n) is 17.4. The summed E-state index contributed by atoms with van der Waals surface area (Å²) in [7, 11) is 0. The average Bonchev–Trinajstić information content (AvgIpc) is 3.36. The van der Waals surface area contributed by atoms with Crippen molar-refractivity contribution in [3.05, 3.63) is 79.3 Å². The van der Waals surface area contributed by atoms with Crippen LogP contribution in [0.4, 0.5) is 10.5 Å². The molecule has 3 aromatic rings. The molecule has 3 amide bonds. The number of hydrogen-bond acceptors (Lipinski definition) is 6. The zero-order chi connectivity index (χ0) is 25.3. The molecule has 12 heteroatoms. The van der Waals surface area contributed by atoms with Crippen molar-refractivity contribution in [2.24, 2.45) is 0 Å². The number of benzene rings is 2. The number of carbonyl (C=O) groups excluding carboxylic acids is 3. The number of carboxylic acids is 1. The van der Waals surface area contributed by atoms with Gasteiger partial charge in [0.2, 0.25) is 5.91 Å². The van der Waals surface area contributed by atoms with Gasteiger partial charge in [-0.05, 0) is 76.2 Å². The number of anilines is 1. The predicted molar refractivity (Wildman–Crippen MR) is 137 cm³/mol. The van der Waals surface area contributed by atoms with E-state index in [-0.39, 0.29) is 27.0 Å². The fourth-order valence-electron chi connectivity index (χ4n) is 3.11. The molecule has 2 aromatic carbocycles. The van der Waals surface area contributed by atoms with Gasteiger partial charge in [0.1, 0.15) is 18.1 Å². The Morgan fingerprint density at radius 3 is 2.57 bits per heavy atom. The first kappa shape index (κ1) is 25.1. The first-order valence-electron chi connectivity index (χ1n) is 9.75. The molecule has 1 aliphatic rings. The number of aromatic carboxylic acids is 1. The van der Waals surface area contributed by atoms with E-state index in [9.17, 15) is 24.3 Å². The number of furan rings is 1. The van der Waals surface area contributed by atoms with E-state index in [4.69, 9.17) is 27.6 Å². The molecule has 0 atom stereocenters. The summed E-state index contributed by atoms with van der Waals surface area (Å²) >= 11 is 16.1. The molecule has 0 bridgehead atoms. The Hall–Kier alpha value is -3.05. The maximum atomic E-state index is 12.7. The monoisotopic (exact) mass is 594 g/mol. The van der Waals surface area contributed by atoms with Crippen LogP contribution in [0.15, 0.2) is 62.3 Å². The number of thioether (sulfide) groups is 1. The summed E-state index contributed by atoms with van der Waals surface area (Å²) in [5, 5.41) is 11.9. The normalized spacial score (nSPS) is 14.6. The molecule has 1 aliphatic heterocycles. The Labute approximate surface area is 221 Å². The van der Waals surface area contributed by atoms with Gasteiger partial charge in [-0.25, -0.2) is 4.79 Å². The summed E-state index contributed by atoms with van der Waals surface area (Å²) in [4.78, 5) is 49.6. The van der Waals surface area contributed by atoms with E-state index >= 15 is 0 Å². The number of nitrogens with zero attached hydrogens (tertiary/aromatic N) is 1. The van der Waals surface area contributed by atoms with Crippen molar-refractivity contribution in [2.75, 3.05) is 11.9 Å². The topological polar surface area (TPSA) is 117 Å². The Kier molecular flexibility index (Phi) is 7.36. The molecule has 0 aliphatic carbocycles. The molecule has 0 radical (unpaired) electrons. The molecule has 8 nitrogen and oxygen atoms in total. The van der Waals surface area contributed by atoms with Crippen LogP contribution in [0.1, 0.15) is 16.1 Å². The van der Waals surface area contributed by atoms with Crippen LogP contribution in [0, 0.1) is 0 Å². The Balaban J connectivity index is 1.48. The van der Waals surface area contributed by atoms with Gasteiger partial charge in [-0.15, -0.1) is 0 Å². The van der Waals surface area contributed by atoms with Crippen molar-refractivity contribution in [1.29, 1.82) is 0 Å². The van der Waals surface area contributed by atoms with Gasteiger partial charge < -0.3 is 14.8 Å². The predicted octanol–water partition coefficient (Wildman–Crippen LogP) is 6.39. The second-order valence-electron chi connectivity index (χ2n) is 7.15. The van der Waals surface area contributed by atoms with Gasteiger partial charge in [0.25, 0.3) is 11.1 Å². The minimum Gasteiger partial charge on any atom is -0.478 e. The summed E-state index contributed by atoms with van der Waals surface area (Å²) < 4.78 is 6.36. The highest BCUT2D eigenvalue weighted by Crippen LogP contribution is 2.35. The van der Waals surface area contributed by atoms with Crippen molar-refractivity contribution in [3.8, 4) is 11.3 Å². The van der Waals surface area contributed by atoms with Crippen LogP contribution in [-0.2, 0) is 9.59 Å². The summed E-state index contributed by atoms with van der Waals surface area (Å²) in [5.74, 6) is -1.80. The van der Waals surface area contributed by atoms with Crippen LogP contribution in [0.5, 0.6) is 0 Å². The number of imide groups is 1. The number of rotatable bonds is 6. The van der Waals surface area contributed by atoms with Crippen molar-refractivity contribution in [3.63, 3.8) is 0 Å². The molecule has 1 saturated heterocycles. The third kappa shape index (κ3) is 5.62. The highest BCUT2D eigenvalue weighted by atomic mass is 79.9. The fourth-order valence-corrected chi connectivity index (χ4v) is 4.56. The van der Waals surface area contributed by atoms with Crippen LogP contribution >= 0.6 is 50.9 Å². The minimum atomic E-state index is -1.12. The molecule has 1 fully saturated rings. The van der Waals surface area contributed by atoms with E-state index in [1.807, 2.05) is 0 Å². The van der Waals surface area contributed by atoms with E-state index in [2.05, 4.69) is 21.2 Å². The van der Waals surface area contributed by atoms with Crippen LogP contribution in [0.25, 0.3) is 17.4 Å². The number of carbonyl (C=O) groups is 4. The summed E-state index contributed by atoms with van der Waals surface area (Å²) in [5.41, 5.74) is 0.815. The highest BCUT2D eigenvalue weighted by Gasteiger charge is 2.36. The third-order valence-electron chi connectivity index (χ3n) is 4.76. The quantitative estimate of drug-likeness (QED) is 0.317. The Morgan fingerprint density at radius 2 is 1.86 bits per heavy atom. The number of amides is 3. The highest BCUT2D eigenvalue weighted by molar-refractivity contribution is 9.10. The van der Waals surface area contributed by atoms with Gasteiger partial charge in [-0.3, -0.25) is 19.3 Å². The van der Waals surface area contributed by atoms with Crippen LogP contribution in [0.2, 0.25) is 10.0 Å². The van der Waals surface area contributed by atoms with E-state index < -0.39 is 29.6 Å². The van der Waals surface area contributed by atoms with Gasteiger partial charge >= 0.3 is 5.97 Å². The average molecular weight is 596 g/mol. The lowest BCUT2D eigenvalue weighted by Crippen LogP contribution is -2.36. The number of carboxylic acid groups (broad SMARTS) is 1. The fraction of sp³-hybridized carbons (Fsp3) is 0.0435. The molecule has 178 valence electrons. The second-order valence-corrected chi connectivity index (χ2v) is 9.81. The van der Waals surface area contributed by atoms with Gasteiger partial charge in [0, 0.05) is 21.8 Å². The van der Waals surface area contributed by atoms with Gasteiger partial charge in [-0.1, -0.05) is 23.2 Å². The number of hydrogen-bond donors (Lipinski definition) is 2. The molecule has 4 rings (SSSR count). The minimum absolute atomic E-state index is 0.0344. The smallest absolute Gasteiger partial charge is 0.335 e. The molecule has 0 saturated carbocycles. The largest absolute Gasteiger partial charge is 0.478 e. The maximum Gasteiger partial charge on any atom is 0.335 e. The summed E-state index contributed by atoms with van der Waals surface area (Å²) in [6.45, 7) is -0.476. The molecular weight excluding hydrogens is 583 g/mol. The molecule has 0 unspecified atom stereocenters. The van der Waals surface area contributed by atoms with E-state index in [1.54, 1.807) is 24.3 Å². The first-order chi connectivity index (χ1) is 16.6. The zero-order valence-corrected chi connectivity index (χ0v) is 21.3. The second kappa shape index (κ2) is 10.3. The van der Waals surface area contributed by atoms with E-state index in [0.717, 1.165) is 4.90 Å². The Morgan fingerprint density at radius 1 is 1.09 bits per heavy atom. The van der Waals surface area contributed by atoms with Gasteiger partial charge in [0.15, 0.2) is 0 Å².